The van der Waals surface area contributed by atoms with E-state index < -0.39 is 17.8 Å². The van der Waals surface area contributed by atoms with Gasteiger partial charge in [0.15, 0.2) is 5.13 Å². The quantitative estimate of drug-likeness (QED) is 0.913. The second-order valence-corrected chi connectivity index (χ2v) is 5.09. The third kappa shape index (κ3) is 3.05. The SMILES string of the molecule is Cc1cnc(Nc2nc(C(F)(F)F)ccc2C(N)=O)s1. The minimum Gasteiger partial charge on any atom is -0.365 e. The van der Waals surface area contributed by atoms with Crippen molar-refractivity contribution >= 4 is 28.2 Å². The number of aromatic nitrogens is 2. The fourth-order valence-electron chi connectivity index (χ4n) is 1.42. The van der Waals surface area contributed by atoms with Crippen LogP contribution in [-0.2, 0) is 6.18 Å². The molecule has 2 aromatic rings. The maximum absolute atomic E-state index is 12.6. The van der Waals surface area contributed by atoms with Crippen LogP contribution < -0.4 is 11.1 Å². The number of thiazole rings is 1. The van der Waals surface area contributed by atoms with E-state index in [-0.39, 0.29) is 11.4 Å². The van der Waals surface area contributed by atoms with Crippen LogP contribution in [0.1, 0.15) is 20.9 Å². The van der Waals surface area contributed by atoms with Crippen LogP contribution in [0.4, 0.5) is 24.1 Å². The Hall–Kier alpha value is -2.16. The molecule has 0 radical (unpaired) electrons. The summed E-state index contributed by atoms with van der Waals surface area (Å²) >= 11 is 1.22. The number of nitrogens with one attached hydrogen (secondary N) is 1. The summed E-state index contributed by atoms with van der Waals surface area (Å²) < 4.78 is 37.9. The van der Waals surface area contributed by atoms with Gasteiger partial charge in [0.2, 0.25) is 0 Å². The van der Waals surface area contributed by atoms with Gasteiger partial charge in [-0.05, 0) is 19.1 Å². The molecule has 0 bridgehead atoms. The van der Waals surface area contributed by atoms with Gasteiger partial charge in [0.1, 0.15) is 11.5 Å². The molecule has 9 heteroatoms. The highest BCUT2D eigenvalue weighted by molar-refractivity contribution is 7.15. The molecule has 0 aliphatic carbocycles. The van der Waals surface area contributed by atoms with Crippen molar-refractivity contribution in [1.29, 1.82) is 0 Å². The minimum absolute atomic E-state index is 0.133. The van der Waals surface area contributed by atoms with E-state index in [0.29, 0.717) is 11.2 Å². The highest BCUT2D eigenvalue weighted by Crippen LogP contribution is 2.30. The van der Waals surface area contributed by atoms with Gasteiger partial charge in [0.25, 0.3) is 5.91 Å². The molecule has 0 fully saturated rings. The number of hydrogen-bond donors (Lipinski definition) is 2. The Bertz CT molecular complexity index is 653. The Morgan fingerprint density at radius 3 is 2.60 bits per heavy atom. The van der Waals surface area contributed by atoms with Crippen molar-refractivity contribution in [3.8, 4) is 0 Å². The van der Waals surface area contributed by atoms with E-state index in [2.05, 4.69) is 15.3 Å². The van der Waals surface area contributed by atoms with Crippen molar-refractivity contribution in [2.24, 2.45) is 5.73 Å². The number of hydrogen-bond acceptors (Lipinski definition) is 5. The zero-order valence-electron chi connectivity index (χ0n) is 10.2. The molecule has 20 heavy (non-hydrogen) atoms. The highest BCUT2D eigenvalue weighted by Gasteiger charge is 2.33. The molecule has 3 N–H and O–H groups in total. The number of aryl methyl sites for hydroxylation is 1. The number of carbonyl (C=O) groups excluding carboxylic acids is 1. The van der Waals surface area contributed by atoms with Crippen LogP contribution in [0.5, 0.6) is 0 Å². The van der Waals surface area contributed by atoms with E-state index in [0.717, 1.165) is 10.9 Å². The van der Waals surface area contributed by atoms with Crippen LogP contribution in [0, 0.1) is 6.92 Å². The van der Waals surface area contributed by atoms with Crippen LogP contribution in [0.2, 0.25) is 0 Å². The smallest absolute Gasteiger partial charge is 0.365 e. The molecule has 0 saturated heterocycles. The monoisotopic (exact) mass is 302 g/mol. The third-order valence-electron chi connectivity index (χ3n) is 2.30. The summed E-state index contributed by atoms with van der Waals surface area (Å²) in [5.74, 6) is -1.14. The number of anilines is 2. The first-order valence-electron chi connectivity index (χ1n) is 5.35. The summed E-state index contributed by atoms with van der Waals surface area (Å²) in [6, 6.07) is 1.69. The maximum Gasteiger partial charge on any atom is 0.433 e. The van der Waals surface area contributed by atoms with Gasteiger partial charge in [0.05, 0.1) is 5.56 Å². The lowest BCUT2D eigenvalue weighted by molar-refractivity contribution is -0.141. The number of rotatable bonds is 3. The standard InChI is InChI=1S/C11H9F3N4OS/c1-5-4-16-10(20-5)18-9-6(8(15)19)2-3-7(17-9)11(12,13)14/h2-4H,1H3,(H2,15,19)(H,16,17,18). The molecule has 0 atom stereocenters. The number of carbonyl (C=O) groups is 1. The zero-order valence-corrected chi connectivity index (χ0v) is 11.0. The maximum atomic E-state index is 12.6. The number of pyridine rings is 1. The summed E-state index contributed by atoms with van der Waals surface area (Å²) in [6.07, 6.45) is -3.06. The lowest BCUT2D eigenvalue weighted by Crippen LogP contribution is -2.17. The third-order valence-corrected chi connectivity index (χ3v) is 3.13. The average molecular weight is 302 g/mol. The number of alkyl halides is 3. The number of primary amides is 1. The van der Waals surface area contributed by atoms with Crippen molar-refractivity contribution < 1.29 is 18.0 Å². The summed E-state index contributed by atoms with van der Waals surface area (Å²) in [5.41, 5.74) is 3.87. The molecule has 0 saturated carbocycles. The van der Waals surface area contributed by atoms with E-state index in [9.17, 15) is 18.0 Å². The number of nitrogens with zero attached hydrogens (tertiary/aromatic N) is 2. The largest absolute Gasteiger partial charge is 0.433 e. The fourth-order valence-corrected chi connectivity index (χ4v) is 2.09. The Balaban J connectivity index is 2.44. The van der Waals surface area contributed by atoms with Gasteiger partial charge in [-0.15, -0.1) is 11.3 Å². The number of amides is 1. The van der Waals surface area contributed by atoms with Gasteiger partial charge >= 0.3 is 6.18 Å². The second kappa shape index (κ2) is 5.08. The van der Waals surface area contributed by atoms with Gasteiger partial charge in [0, 0.05) is 11.1 Å². The first-order chi connectivity index (χ1) is 9.27. The van der Waals surface area contributed by atoms with E-state index in [1.165, 1.54) is 11.3 Å². The van der Waals surface area contributed by atoms with Gasteiger partial charge in [-0.25, -0.2) is 9.97 Å². The summed E-state index contributed by atoms with van der Waals surface area (Å²) in [4.78, 5) is 19.4. The van der Waals surface area contributed by atoms with Crippen LogP contribution in [0.25, 0.3) is 0 Å². The van der Waals surface area contributed by atoms with Crippen LogP contribution >= 0.6 is 11.3 Å². The summed E-state index contributed by atoms with van der Waals surface area (Å²) in [6.45, 7) is 1.79. The fraction of sp³-hybridized carbons (Fsp3) is 0.182. The van der Waals surface area contributed by atoms with E-state index >= 15 is 0 Å². The Morgan fingerprint density at radius 2 is 2.10 bits per heavy atom. The highest BCUT2D eigenvalue weighted by atomic mass is 32.1. The molecule has 0 aromatic carbocycles. The number of nitrogens with two attached hydrogens (primary N) is 1. The van der Waals surface area contributed by atoms with Gasteiger partial charge in [-0.1, -0.05) is 0 Å². The van der Waals surface area contributed by atoms with Crippen LogP contribution in [-0.4, -0.2) is 15.9 Å². The molecule has 2 heterocycles. The molecular formula is C11H9F3N4OS. The minimum atomic E-state index is -4.61. The topological polar surface area (TPSA) is 80.9 Å². The molecule has 5 nitrogen and oxygen atoms in total. The lowest BCUT2D eigenvalue weighted by Gasteiger charge is -2.11. The summed E-state index contributed by atoms with van der Waals surface area (Å²) in [5, 5.41) is 2.91. The van der Waals surface area contributed by atoms with Gasteiger partial charge < -0.3 is 11.1 Å². The number of halogens is 3. The molecule has 0 aliphatic heterocycles. The molecule has 0 aliphatic rings. The predicted molar refractivity (Wildman–Crippen MR) is 67.9 cm³/mol. The first-order valence-corrected chi connectivity index (χ1v) is 6.16. The Morgan fingerprint density at radius 1 is 1.40 bits per heavy atom. The molecule has 2 rings (SSSR count). The Labute approximate surface area is 115 Å². The molecule has 0 spiro atoms. The molecule has 2 aromatic heterocycles. The average Bonchev–Trinajstić information content (AvgIpc) is 2.73. The van der Waals surface area contributed by atoms with Gasteiger partial charge in [-0.3, -0.25) is 4.79 Å². The summed E-state index contributed by atoms with van der Waals surface area (Å²) in [7, 11) is 0. The molecular weight excluding hydrogens is 293 g/mol. The van der Waals surface area contributed by atoms with Crippen LogP contribution in [0.15, 0.2) is 18.3 Å². The second-order valence-electron chi connectivity index (χ2n) is 3.86. The Kier molecular flexibility index (Phi) is 3.62. The normalized spacial score (nSPS) is 11.4. The van der Waals surface area contributed by atoms with Crippen molar-refractivity contribution in [2.45, 2.75) is 13.1 Å². The predicted octanol–water partition coefficient (Wildman–Crippen LogP) is 2.71. The van der Waals surface area contributed by atoms with Crippen molar-refractivity contribution in [3.63, 3.8) is 0 Å². The molecule has 1 amide bonds. The lowest BCUT2D eigenvalue weighted by atomic mass is 10.2. The molecule has 106 valence electrons. The zero-order chi connectivity index (χ0) is 14.9. The van der Waals surface area contributed by atoms with Crippen molar-refractivity contribution in [3.05, 3.63) is 34.5 Å². The van der Waals surface area contributed by atoms with E-state index in [1.54, 1.807) is 13.1 Å². The van der Waals surface area contributed by atoms with Crippen LogP contribution in [0.3, 0.4) is 0 Å². The van der Waals surface area contributed by atoms with Gasteiger partial charge in [-0.2, -0.15) is 13.2 Å². The molecule has 0 unspecified atom stereocenters. The van der Waals surface area contributed by atoms with E-state index in [1.807, 2.05) is 0 Å². The van der Waals surface area contributed by atoms with Crippen molar-refractivity contribution in [1.82, 2.24) is 9.97 Å². The van der Waals surface area contributed by atoms with E-state index in [4.69, 9.17) is 5.73 Å². The van der Waals surface area contributed by atoms with Crippen molar-refractivity contribution in [2.75, 3.05) is 5.32 Å². The first kappa shape index (κ1) is 14.3.